The predicted molar refractivity (Wildman–Crippen MR) is 75.3 cm³/mol. The second-order valence-corrected chi connectivity index (χ2v) is 4.98. The maximum absolute atomic E-state index is 6.01. The lowest BCUT2D eigenvalue weighted by Crippen LogP contribution is -2.19. The second kappa shape index (κ2) is 5.24. The van der Waals surface area contributed by atoms with Crippen LogP contribution in [0.3, 0.4) is 0 Å². The molecule has 98 valence electrons. The molecule has 1 unspecified atom stereocenters. The number of hydrogen-bond acceptors (Lipinski definition) is 2. The number of aryl methyl sites for hydroxylation is 1. The highest BCUT2D eigenvalue weighted by molar-refractivity contribution is 6.17. The molecule has 0 saturated heterocycles. The first-order valence-electron chi connectivity index (χ1n) is 6.29. The summed E-state index contributed by atoms with van der Waals surface area (Å²) in [5, 5.41) is 0. The average Bonchev–Trinajstić information content (AvgIpc) is 2.46. The lowest BCUT2D eigenvalue weighted by molar-refractivity contribution is -0.111. The van der Waals surface area contributed by atoms with Gasteiger partial charge in [-0.05, 0) is 6.92 Å². The molecule has 0 saturated carbocycles. The third kappa shape index (κ3) is 2.46. The quantitative estimate of drug-likeness (QED) is 0.759. The third-order valence-electron chi connectivity index (χ3n) is 3.22. The fourth-order valence-electron chi connectivity index (χ4n) is 2.37. The molecule has 1 heterocycles. The van der Waals surface area contributed by atoms with E-state index in [9.17, 15) is 0 Å². The van der Waals surface area contributed by atoms with Gasteiger partial charge in [0.05, 0.1) is 12.5 Å². The van der Waals surface area contributed by atoms with E-state index in [1.165, 1.54) is 5.56 Å². The Morgan fingerprint density at radius 1 is 1.21 bits per heavy atom. The van der Waals surface area contributed by atoms with Gasteiger partial charge < -0.3 is 9.47 Å². The first kappa shape index (κ1) is 12.5. The summed E-state index contributed by atoms with van der Waals surface area (Å²) >= 11 is 6.01. The van der Waals surface area contributed by atoms with Gasteiger partial charge in [0.1, 0.15) is 5.75 Å². The van der Waals surface area contributed by atoms with Gasteiger partial charge in [0.25, 0.3) is 0 Å². The largest absolute Gasteiger partial charge is 0.460 e. The smallest absolute Gasteiger partial charge is 0.227 e. The van der Waals surface area contributed by atoms with E-state index < -0.39 is 0 Å². The minimum absolute atomic E-state index is 0.349. The maximum atomic E-state index is 6.01. The van der Waals surface area contributed by atoms with E-state index >= 15 is 0 Å². The molecule has 2 aromatic rings. The van der Waals surface area contributed by atoms with Gasteiger partial charge in [0.2, 0.25) is 6.29 Å². The van der Waals surface area contributed by atoms with Crippen LogP contribution in [0.2, 0.25) is 0 Å². The zero-order chi connectivity index (χ0) is 13.2. The number of rotatable bonds is 2. The standard InChI is InChI=1S/C16H15ClO2/c1-11-7-13(9-17)15-14(8-11)10-18-16(19-15)12-5-3-2-4-6-12/h2-8,16H,9-10H2,1H3. The lowest BCUT2D eigenvalue weighted by Gasteiger charge is -2.28. The highest BCUT2D eigenvalue weighted by Gasteiger charge is 2.24. The molecule has 19 heavy (non-hydrogen) atoms. The van der Waals surface area contributed by atoms with Crippen molar-refractivity contribution in [1.29, 1.82) is 0 Å². The molecule has 2 aromatic carbocycles. The monoisotopic (exact) mass is 274 g/mol. The van der Waals surface area contributed by atoms with Crippen LogP contribution >= 0.6 is 11.6 Å². The van der Waals surface area contributed by atoms with Crippen LogP contribution in [0.1, 0.15) is 28.5 Å². The molecule has 0 N–H and O–H groups in total. The number of alkyl halides is 1. The number of halogens is 1. The van der Waals surface area contributed by atoms with E-state index in [4.69, 9.17) is 21.1 Å². The predicted octanol–water partition coefficient (Wildman–Crippen LogP) is 4.34. The molecule has 3 rings (SSSR count). The van der Waals surface area contributed by atoms with Crippen LogP contribution in [0.15, 0.2) is 42.5 Å². The minimum Gasteiger partial charge on any atom is -0.460 e. The van der Waals surface area contributed by atoms with Crippen LogP contribution in [0, 0.1) is 6.92 Å². The minimum atomic E-state index is -0.349. The Balaban J connectivity index is 1.95. The Morgan fingerprint density at radius 3 is 2.74 bits per heavy atom. The van der Waals surface area contributed by atoms with Crippen molar-refractivity contribution in [2.75, 3.05) is 0 Å². The van der Waals surface area contributed by atoms with Crippen LogP contribution in [-0.4, -0.2) is 0 Å². The topological polar surface area (TPSA) is 18.5 Å². The Kier molecular flexibility index (Phi) is 3.45. The van der Waals surface area contributed by atoms with Crippen molar-refractivity contribution in [2.45, 2.75) is 25.7 Å². The fourth-order valence-corrected chi connectivity index (χ4v) is 2.57. The summed E-state index contributed by atoms with van der Waals surface area (Å²) in [7, 11) is 0. The Morgan fingerprint density at radius 2 is 2.00 bits per heavy atom. The molecule has 0 fully saturated rings. The molecule has 2 nitrogen and oxygen atoms in total. The molecule has 0 spiro atoms. The Hall–Kier alpha value is -1.51. The van der Waals surface area contributed by atoms with Crippen molar-refractivity contribution in [3.63, 3.8) is 0 Å². The van der Waals surface area contributed by atoms with Gasteiger partial charge in [-0.1, -0.05) is 48.0 Å². The Bertz CT molecular complexity index is 564. The van der Waals surface area contributed by atoms with Crippen molar-refractivity contribution >= 4 is 11.6 Å². The first-order valence-corrected chi connectivity index (χ1v) is 6.83. The van der Waals surface area contributed by atoms with Crippen LogP contribution in [0.4, 0.5) is 0 Å². The molecular weight excluding hydrogens is 260 g/mol. The Labute approximate surface area is 117 Å². The number of fused-ring (bicyclic) bond motifs is 1. The van der Waals surface area contributed by atoms with Gasteiger partial charge in [-0.25, -0.2) is 0 Å². The molecule has 0 aromatic heterocycles. The zero-order valence-corrected chi connectivity index (χ0v) is 11.5. The average molecular weight is 275 g/mol. The van der Waals surface area contributed by atoms with Crippen LogP contribution in [0.25, 0.3) is 0 Å². The van der Waals surface area contributed by atoms with E-state index in [0.717, 1.165) is 22.4 Å². The molecule has 0 amide bonds. The summed E-state index contributed by atoms with van der Waals surface area (Å²) in [5.74, 6) is 1.33. The zero-order valence-electron chi connectivity index (χ0n) is 10.7. The van der Waals surface area contributed by atoms with E-state index in [-0.39, 0.29) is 6.29 Å². The van der Waals surface area contributed by atoms with Crippen molar-refractivity contribution in [3.8, 4) is 5.75 Å². The molecule has 1 aliphatic heterocycles. The number of hydrogen-bond donors (Lipinski definition) is 0. The van der Waals surface area contributed by atoms with Crippen molar-refractivity contribution in [1.82, 2.24) is 0 Å². The molecule has 1 atom stereocenters. The summed E-state index contributed by atoms with van der Waals surface area (Å²) in [6.07, 6.45) is -0.349. The molecule has 3 heteroatoms. The molecule has 0 radical (unpaired) electrons. The molecule has 0 aliphatic carbocycles. The summed E-state index contributed by atoms with van der Waals surface area (Å²) in [6, 6.07) is 14.1. The highest BCUT2D eigenvalue weighted by atomic mass is 35.5. The molecule has 1 aliphatic rings. The van der Waals surface area contributed by atoms with Crippen molar-refractivity contribution in [2.24, 2.45) is 0 Å². The van der Waals surface area contributed by atoms with Gasteiger partial charge in [0.15, 0.2) is 0 Å². The lowest BCUT2D eigenvalue weighted by atomic mass is 10.0. The van der Waals surface area contributed by atoms with Crippen molar-refractivity contribution < 1.29 is 9.47 Å². The number of ether oxygens (including phenoxy) is 2. The molecule has 0 bridgehead atoms. The summed E-state index contributed by atoms with van der Waals surface area (Å²) in [5.41, 5.74) is 4.30. The van der Waals surface area contributed by atoms with Crippen molar-refractivity contribution in [3.05, 3.63) is 64.7 Å². The van der Waals surface area contributed by atoms with Crippen LogP contribution in [-0.2, 0) is 17.2 Å². The highest BCUT2D eigenvalue weighted by Crippen LogP contribution is 2.37. The number of benzene rings is 2. The van der Waals surface area contributed by atoms with Gasteiger partial charge >= 0.3 is 0 Å². The van der Waals surface area contributed by atoms with Gasteiger partial charge in [0, 0.05) is 16.7 Å². The fraction of sp³-hybridized carbons (Fsp3) is 0.250. The van der Waals surface area contributed by atoms with E-state index in [1.54, 1.807) is 0 Å². The van der Waals surface area contributed by atoms with Crippen LogP contribution < -0.4 is 4.74 Å². The summed E-state index contributed by atoms with van der Waals surface area (Å²) in [6.45, 7) is 2.61. The summed E-state index contributed by atoms with van der Waals surface area (Å²) < 4.78 is 11.8. The SMILES string of the molecule is Cc1cc(CCl)c2c(c1)COC(c1ccccc1)O2. The third-order valence-corrected chi connectivity index (χ3v) is 3.51. The van der Waals surface area contributed by atoms with E-state index in [0.29, 0.717) is 12.5 Å². The van der Waals surface area contributed by atoms with E-state index in [2.05, 4.69) is 19.1 Å². The normalized spacial score (nSPS) is 17.7. The van der Waals surface area contributed by atoms with Crippen LogP contribution in [0.5, 0.6) is 5.75 Å². The molecular formula is C16H15ClO2. The first-order chi connectivity index (χ1) is 9.28. The van der Waals surface area contributed by atoms with Gasteiger partial charge in [-0.3, -0.25) is 0 Å². The van der Waals surface area contributed by atoms with Gasteiger partial charge in [-0.15, -0.1) is 11.6 Å². The summed E-state index contributed by atoms with van der Waals surface area (Å²) in [4.78, 5) is 0. The second-order valence-electron chi connectivity index (χ2n) is 4.72. The van der Waals surface area contributed by atoms with Gasteiger partial charge in [-0.2, -0.15) is 0 Å². The van der Waals surface area contributed by atoms with E-state index in [1.807, 2.05) is 30.3 Å². The maximum Gasteiger partial charge on any atom is 0.227 e.